The fraction of sp³-hybridized carbons (Fsp3) is 0.333. The van der Waals surface area contributed by atoms with Gasteiger partial charge in [-0.05, 0) is 55.3 Å². The average Bonchev–Trinajstić information content (AvgIpc) is 3.14. The van der Waals surface area contributed by atoms with E-state index >= 15 is 0 Å². The van der Waals surface area contributed by atoms with Gasteiger partial charge in [0, 0.05) is 16.0 Å². The molecule has 0 spiro atoms. The van der Waals surface area contributed by atoms with Crippen LogP contribution in [0.2, 0.25) is 5.02 Å². The minimum Gasteiger partial charge on any atom is -0.484 e. The molecule has 4 rings (SSSR count). The zero-order valence-corrected chi connectivity index (χ0v) is 18.9. The number of benzene rings is 2. The number of carbonyl (C=O) groups excluding carboxylic acids is 1. The molecule has 1 amide bonds. The van der Waals surface area contributed by atoms with Crippen LogP contribution in [0.4, 0.5) is 5.69 Å². The van der Waals surface area contributed by atoms with E-state index in [4.69, 9.17) is 16.3 Å². The Labute approximate surface area is 185 Å². The van der Waals surface area contributed by atoms with Crippen molar-refractivity contribution in [1.29, 1.82) is 0 Å². The highest BCUT2D eigenvalue weighted by atomic mass is 35.5. The Morgan fingerprint density at radius 2 is 1.93 bits per heavy atom. The molecule has 2 atom stereocenters. The van der Waals surface area contributed by atoms with E-state index in [-0.39, 0.29) is 29.4 Å². The molecular formula is C21H21ClN2O4S2. The number of aryl methyl sites for hydroxylation is 2. The molecule has 0 N–H and O–H groups in total. The van der Waals surface area contributed by atoms with Gasteiger partial charge in [-0.2, -0.15) is 4.99 Å². The molecule has 0 saturated carbocycles. The van der Waals surface area contributed by atoms with Gasteiger partial charge in [0.05, 0.1) is 17.5 Å². The van der Waals surface area contributed by atoms with Gasteiger partial charge >= 0.3 is 0 Å². The van der Waals surface area contributed by atoms with Crippen molar-refractivity contribution in [3.8, 4) is 5.75 Å². The first-order valence-corrected chi connectivity index (χ1v) is 12.5. The lowest BCUT2D eigenvalue weighted by Crippen LogP contribution is -2.38. The number of nitrogens with zero attached hydrogens (tertiary/aromatic N) is 2. The number of amidine groups is 1. The van der Waals surface area contributed by atoms with Crippen LogP contribution in [0.25, 0.3) is 0 Å². The quantitative estimate of drug-likeness (QED) is 0.687. The van der Waals surface area contributed by atoms with Crippen molar-refractivity contribution in [3.05, 3.63) is 58.6 Å². The number of hydrogen-bond donors (Lipinski definition) is 0. The SMILES string of the molecule is Cc1ccc(C)c(N2C(=NC(=O)COc3ccc(Cl)cc3)S[C@@H]3CS(=O)(=O)C[C@H]32)c1. The number of sulfone groups is 1. The number of amides is 1. The van der Waals surface area contributed by atoms with Crippen molar-refractivity contribution < 1.29 is 17.9 Å². The number of ether oxygens (including phenoxy) is 1. The molecule has 0 bridgehead atoms. The Balaban J connectivity index is 1.59. The summed E-state index contributed by atoms with van der Waals surface area (Å²) in [6, 6.07) is 12.5. The highest BCUT2D eigenvalue weighted by molar-refractivity contribution is 8.16. The van der Waals surface area contributed by atoms with E-state index < -0.39 is 15.7 Å². The maximum atomic E-state index is 12.5. The van der Waals surface area contributed by atoms with Crippen molar-refractivity contribution in [3.63, 3.8) is 0 Å². The molecule has 2 heterocycles. The third-order valence-corrected chi connectivity index (χ3v) is 8.55. The second-order valence-corrected chi connectivity index (χ2v) is 11.3. The van der Waals surface area contributed by atoms with E-state index in [0.717, 1.165) is 16.8 Å². The summed E-state index contributed by atoms with van der Waals surface area (Å²) in [4.78, 5) is 18.7. The number of halogens is 1. The van der Waals surface area contributed by atoms with Gasteiger partial charge in [0.1, 0.15) is 5.75 Å². The third-order valence-electron chi connectivity index (χ3n) is 5.09. The molecule has 2 aromatic rings. The van der Waals surface area contributed by atoms with Gasteiger partial charge in [0.25, 0.3) is 5.91 Å². The van der Waals surface area contributed by atoms with E-state index in [1.807, 2.05) is 36.9 Å². The summed E-state index contributed by atoms with van der Waals surface area (Å²) in [5.74, 6) is 0.261. The molecule has 0 aromatic heterocycles. The Morgan fingerprint density at radius 1 is 1.20 bits per heavy atom. The molecule has 2 aliphatic rings. The molecule has 2 aliphatic heterocycles. The van der Waals surface area contributed by atoms with Crippen LogP contribution in [0.1, 0.15) is 11.1 Å². The summed E-state index contributed by atoms with van der Waals surface area (Å²) in [6.45, 7) is 3.75. The number of fused-ring (bicyclic) bond motifs is 1. The number of hydrogen-bond acceptors (Lipinski definition) is 5. The van der Waals surface area contributed by atoms with Crippen LogP contribution in [0, 0.1) is 13.8 Å². The fourth-order valence-electron chi connectivity index (χ4n) is 3.64. The lowest BCUT2D eigenvalue weighted by Gasteiger charge is -2.26. The summed E-state index contributed by atoms with van der Waals surface area (Å²) in [6.07, 6.45) is 0. The van der Waals surface area contributed by atoms with Crippen LogP contribution < -0.4 is 9.64 Å². The molecule has 2 fully saturated rings. The Bertz CT molecular complexity index is 1120. The van der Waals surface area contributed by atoms with Crippen molar-refractivity contribution in [2.75, 3.05) is 23.0 Å². The van der Waals surface area contributed by atoms with Crippen LogP contribution in [-0.4, -0.2) is 48.9 Å². The summed E-state index contributed by atoms with van der Waals surface area (Å²) in [5.41, 5.74) is 2.95. The first-order valence-electron chi connectivity index (χ1n) is 9.45. The van der Waals surface area contributed by atoms with Crippen LogP contribution in [0.5, 0.6) is 5.75 Å². The Morgan fingerprint density at radius 3 is 2.67 bits per heavy atom. The standard InChI is InChI=1S/C21H21ClN2O4S2/c1-13-3-4-14(2)17(9-13)24-18-11-30(26,27)12-19(18)29-21(24)23-20(25)10-28-16-7-5-15(22)6-8-16/h3-9,18-19H,10-12H2,1-2H3/t18-,19-/m1/s1. The molecular weight excluding hydrogens is 444 g/mol. The molecule has 9 heteroatoms. The normalized spacial score (nSPS) is 23.6. The number of rotatable bonds is 4. The topological polar surface area (TPSA) is 76.0 Å². The molecule has 30 heavy (non-hydrogen) atoms. The Kier molecular flexibility index (Phi) is 5.83. The third kappa shape index (κ3) is 4.50. The fourth-order valence-corrected chi connectivity index (χ4v) is 7.69. The molecule has 0 aliphatic carbocycles. The lowest BCUT2D eigenvalue weighted by molar-refractivity contribution is -0.119. The molecule has 2 saturated heterocycles. The Hall–Kier alpha value is -2.03. The van der Waals surface area contributed by atoms with Gasteiger partial charge < -0.3 is 9.64 Å². The molecule has 6 nitrogen and oxygen atoms in total. The smallest absolute Gasteiger partial charge is 0.285 e. The van der Waals surface area contributed by atoms with Gasteiger partial charge in [0.15, 0.2) is 21.6 Å². The predicted octanol–water partition coefficient (Wildman–Crippen LogP) is 3.64. The summed E-state index contributed by atoms with van der Waals surface area (Å²) in [7, 11) is -3.11. The molecule has 158 valence electrons. The minimum atomic E-state index is -3.11. The number of aliphatic imine (C=N–C) groups is 1. The van der Waals surface area contributed by atoms with Gasteiger partial charge in [-0.1, -0.05) is 35.5 Å². The molecule has 0 unspecified atom stereocenters. The van der Waals surface area contributed by atoms with E-state index in [0.29, 0.717) is 15.9 Å². The summed E-state index contributed by atoms with van der Waals surface area (Å²) < 4.78 is 29.9. The zero-order chi connectivity index (χ0) is 21.5. The first kappa shape index (κ1) is 21.2. The van der Waals surface area contributed by atoms with Gasteiger partial charge in [-0.25, -0.2) is 8.42 Å². The molecule has 0 radical (unpaired) electrons. The number of carbonyl (C=O) groups is 1. The largest absolute Gasteiger partial charge is 0.484 e. The zero-order valence-electron chi connectivity index (χ0n) is 16.5. The second-order valence-electron chi connectivity index (χ2n) is 7.49. The predicted molar refractivity (Wildman–Crippen MR) is 122 cm³/mol. The van der Waals surface area contributed by atoms with E-state index in [1.165, 1.54) is 11.8 Å². The number of thioether (sulfide) groups is 1. The highest BCUT2D eigenvalue weighted by Crippen LogP contribution is 2.42. The molecule has 2 aromatic carbocycles. The van der Waals surface area contributed by atoms with E-state index in [2.05, 4.69) is 4.99 Å². The van der Waals surface area contributed by atoms with Gasteiger partial charge in [0.2, 0.25) is 0 Å². The van der Waals surface area contributed by atoms with Crippen molar-refractivity contribution >= 4 is 50.0 Å². The monoisotopic (exact) mass is 464 g/mol. The minimum absolute atomic E-state index is 0.0620. The van der Waals surface area contributed by atoms with Crippen LogP contribution in [-0.2, 0) is 14.6 Å². The summed E-state index contributed by atoms with van der Waals surface area (Å²) >= 11 is 7.21. The van der Waals surface area contributed by atoms with Crippen molar-refractivity contribution in [1.82, 2.24) is 0 Å². The maximum Gasteiger partial charge on any atom is 0.285 e. The summed E-state index contributed by atoms with van der Waals surface area (Å²) in [5, 5.41) is 0.971. The van der Waals surface area contributed by atoms with Crippen molar-refractivity contribution in [2.24, 2.45) is 4.99 Å². The highest BCUT2D eigenvalue weighted by Gasteiger charge is 2.49. The average molecular weight is 465 g/mol. The lowest BCUT2D eigenvalue weighted by atomic mass is 10.1. The van der Waals surface area contributed by atoms with Crippen LogP contribution in [0.3, 0.4) is 0 Å². The maximum absolute atomic E-state index is 12.5. The van der Waals surface area contributed by atoms with Crippen LogP contribution >= 0.6 is 23.4 Å². The van der Waals surface area contributed by atoms with Gasteiger partial charge in [-0.3, -0.25) is 4.79 Å². The van der Waals surface area contributed by atoms with E-state index in [1.54, 1.807) is 24.3 Å². The number of anilines is 1. The van der Waals surface area contributed by atoms with Crippen molar-refractivity contribution in [2.45, 2.75) is 25.1 Å². The van der Waals surface area contributed by atoms with Gasteiger partial charge in [-0.15, -0.1) is 0 Å². The van der Waals surface area contributed by atoms with Crippen LogP contribution in [0.15, 0.2) is 47.5 Å². The van der Waals surface area contributed by atoms with E-state index in [9.17, 15) is 13.2 Å². The second kappa shape index (κ2) is 8.24. The first-order chi connectivity index (χ1) is 14.2.